The molecule has 0 unspecified atom stereocenters. The molecular weight excluding hydrogens is 311 g/mol. The van der Waals surface area contributed by atoms with E-state index in [4.69, 9.17) is 0 Å². The monoisotopic (exact) mass is 331 g/mol. The molecule has 8 heteroatoms. The minimum Gasteiger partial charge on any atom is -0.340 e. The molecule has 1 saturated heterocycles. The van der Waals surface area contributed by atoms with Crippen molar-refractivity contribution in [1.82, 2.24) is 14.4 Å². The molecule has 0 atom stereocenters. The molecule has 1 amide bonds. The van der Waals surface area contributed by atoms with E-state index in [9.17, 15) is 22.8 Å². The third-order valence-corrected chi connectivity index (χ3v) is 3.86. The molecule has 1 aliphatic rings. The maximum atomic E-state index is 12.4. The Labute approximate surface area is 132 Å². The standard InChI is InChI=1S/C15H20F3N3O2/c1-12-4-2-6-21(14(12)23)10-13(22)20-7-3-5-19(8-9-20)11-15(16,17)18/h2,4,6H,3,5,7-11H2,1H3. The molecule has 0 spiro atoms. The minimum atomic E-state index is -4.23. The Morgan fingerprint density at radius 3 is 2.65 bits per heavy atom. The van der Waals surface area contributed by atoms with Gasteiger partial charge in [-0.25, -0.2) is 0 Å². The van der Waals surface area contributed by atoms with Gasteiger partial charge in [0.05, 0.1) is 6.54 Å². The number of halogens is 3. The molecule has 0 bridgehead atoms. The van der Waals surface area contributed by atoms with Crippen LogP contribution in [-0.2, 0) is 11.3 Å². The van der Waals surface area contributed by atoms with E-state index < -0.39 is 12.7 Å². The first-order valence-electron chi connectivity index (χ1n) is 7.49. The summed E-state index contributed by atoms with van der Waals surface area (Å²) in [5.41, 5.74) is 0.321. The van der Waals surface area contributed by atoms with Gasteiger partial charge in [-0.15, -0.1) is 0 Å². The van der Waals surface area contributed by atoms with E-state index in [1.165, 1.54) is 14.4 Å². The molecular formula is C15H20F3N3O2. The number of rotatable bonds is 3. The van der Waals surface area contributed by atoms with Gasteiger partial charge in [0.25, 0.3) is 5.56 Å². The summed E-state index contributed by atoms with van der Waals surface area (Å²) in [6, 6.07) is 3.36. The van der Waals surface area contributed by atoms with Gasteiger partial charge >= 0.3 is 6.18 Å². The van der Waals surface area contributed by atoms with Crippen LogP contribution in [0, 0.1) is 6.92 Å². The van der Waals surface area contributed by atoms with E-state index in [1.807, 2.05) is 0 Å². The lowest BCUT2D eigenvalue weighted by molar-refractivity contribution is -0.145. The van der Waals surface area contributed by atoms with E-state index >= 15 is 0 Å². The topological polar surface area (TPSA) is 45.6 Å². The number of nitrogens with zero attached hydrogens (tertiary/aromatic N) is 3. The normalized spacial score (nSPS) is 17.1. The fourth-order valence-electron chi connectivity index (χ4n) is 2.66. The van der Waals surface area contributed by atoms with Gasteiger partial charge in [-0.1, -0.05) is 6.07 Å². The third-order valence-electron chi connectivity index (χ3n) is 3.86. The van der Waals surface area contributed by atoms with Crippen molar-refractivity contribution in [1.29, 1.82) is 0 Å². The highest BCUT2D eigenvalue weighted by Crippen LogP contribution is 2.17. The van der Waals surface area contributed by atoms with Gasteiger partial charge in [-0.05, 0) is 19.4 Å². The maximum Gasteiger partial charge on any atom is 0.401 e. The van der Waals surface area contributed by atoms with Gasteiger partial charge in [0.1, 0.15) is 6.54 Å². The zero-order valence-corrected chi connectivity index (χ0v) is 13.0. The minimum absolute atomic E-state index is 0.0835. The van der Waals surface area contributed by atoms with Gasteiger partial charge in [0.15, 0.2) is 0 Å². The second kappa shape index (κ2) is 7.16. The second-order valence-electron chi connectivity index (χ2n) is 5.75. The molecule has 0 N–H and O–H groups in total. The molecule has 2 rings (SSSR count). The molecule has 0 aliphatic carbocycles. The Bertz CT molecular complexity index is 613. The predicted molar refractivity (Wildman–Crippen MR) is 79.1 cm³/mol. The molecule has 23 heavy (non-hydrogen) atoms. The smallest absolute Gasteiger partial charge is 0.340 e. The van der Waals surface area contributed by atoms with Gasteiger partial charge in [0, 0.05) is 37.9 Å². The molecule has 128 valence electrons. The van der Waals surface area contributed by atoms with Gasteiger partial charge in [-0.2, -0.15) is 13.2 Å². The molecule has 0 aromatic carbocycles. The highest BCUT2D eigenvalue weighted by molar-refractivity contribution is 5.76. The number of aromatic nitrogens is 1. The quantitative estimate of drug-likeness (QED) is 0.838. The average molecular weight is 331 g/mol. The number of amides is 1. The number of alkyl halides is 3. The first kappa shape index (κ1) is 17.5. The molecule has 1 aromatic rings. The maximum absolute atomic E-state index is 12.4. The Hall–Kier alpha value is -1.83. The van der Waals surface area contributed by atoms with E-state index in [1.54, 1.807) is 25.3 Å². The molecule has 0 saturated carbocycles. The number of hydrogen-bond acceptors (Lipinski definition) is 3. The largest absolute Gasteiger partial charge is 0.401 e. The van der Waals surface area contributed by atoms with Crippen LogP contribution < -0.4 is 5.56 Å². The average Bonchev–Trinajstić information content (AvgIpc) is 2.67. The zero-order chi connectivity index (χ0) is 17.0. The van der Waals surface area contributed by atoms with Crippen molar-refractivity contribution in [3.8, 4) is 0 Å². The summed E-state index contributed by atoms with van der Waals surface area (Å²) in [5.74, 6) is -0.244. The molecule has 1 aliphatic heterocycles. The van der Waals surface area contributed by atoms with Gasteiger partial charge in [-0.3, -0.25) is 14.5 Å². The fourth-order valence-corrected chi connectivity index (χ4v) is 2.66. The molecule has 0 radical (unpaired) electrons. The van der Waals surface area contributed by atoms with Crippen LogP contribution >= 0.6 is 0 Å². The summed E-state index contributed by atoms with van der Waals surface area (Å²) < 4.78 is 38.6. The number of carbonyl (C=O) groups excluding carboxylic acids is 1. The summed E-state index contributed by atoms with van der Waals surface area (Å²) in [7, 11) is 0. The van der Waals surface area contributed by atoms with Crippen LogP contribution in [-0.4, -0.2) is 59.2 Å². The Morgan fingerprint density at radius 2 is 1.96 bits per heavy atom. The summed E-state index contributed by atoms with van der Waals surface area (Å²) in [5, 5.41) is 0. The summed E-state index contributed by atoms with van der Waals surface area (Å²) >= 11 is 0. The predicted octanol–water partition coefficient (Wildman–Crippen LogP) is 1.25. The molecule has 5 nitrogen and oxygen atoms in total. The van der Waals surface area contributed by atoms with E-state index in [0.29, 0.717) is 25.1 Å². The lowest BCUT2D eigenvalue weighted by Crippen LogP contribution is -2.40. The van der Waals surface area contributed by atoms with E-state index in [-0.39, 0.29) is 31.1 Å². The van der Waals surface area contributed by atoms with Crippen molar-refractivity contribution >= 4 is 5.91 Å². The van der Waals surface area contributed by atoms with Crippen molar-refractivity contribution < 1.29 is 18.0 Å². The zero-order valence-electron chi connectivity index (χ0n) is 13.0. The SMILES string of the molecule is Cc1cccn(CC(=O)N2CCCN(CC(F)(F)F)CC2)c1=O. The first-order chi connectivity index (χ1) is 10.8. The summed E-state index contributed by atoms with van der Waals surface area (Å²) in [6.45, 7) is 1.79. The van der Waals surface area contributed by atoms with Crippen molar-refractivity contribution in [2.75, 3.05) is 32.7 Å². The number of carbonyl (C=O) groups is 1. The Morgan fingerprint density at radius 1 is 1.22 bits per heavy atom. The van der Waals surface area contributed by atoms with Crippen molar-refractivity contribution in [3.05, 3.63) is 34.2 Å². The van der Waals surface area contributed by atoms with E-state index in [0.717, 1.165) is 0 Å². The van der Waals surface area contributed by atoms with Crippen LogP contribution in [0.25, 0.3) is 0 Å². The van der Waals surface area contributed by atoms with Crippen LogP contribution in [0.15, 0.2) is 23.1 Å². The molecule has 2 heterocycles. The Balaban J connectivity index is 1.96. The summed E-state index contributed by atoms with van der Waals surface area (Å²) in [6.07, 6.45) is -2.19. The summed E-state index contributed by atoms with van der Waals surface area (Å²) in [4.78, 5) is 27.1. The third kappa shape index (κ3) is 5.09. The van der Waals surface area contributed by atoms with Gasteiger partial charge in [0.2, 0.25) is 5.91 Å². The fraction of sp³-hybridized carbons (Fsp3) is 0.600. The Kier molecular flexibility index (Phi) is 5.46. The molecule has 1 aromatic heterocycles. The van der Waals surface area contributed by atoms with Crippen LogP contribution in [0.1, 0.15) is 12.0 Å². The number of hydrogen-bond donors (Lipinski definition) is 0. The van der Waals surface area contributed by atoms with Crippen LogP contribution in [0.4, 0.5) is 13.2 Å². The lowest BCUT2D eigenvalue weighted by atomic mass is 10.3. The van der Waals surface area contributed by atoms with Crippen molar-refractivity contribution in [3.63, 3.8) is 0 Å². The molecule has 1 fully saturated rings. The van der Waals surface area contributed by atoms with Crippen molar-refractivity contribution in [2.24, 2.45) is 0 Å². The van der Waals surface area contributed by atoms with Crippen LogP contribution in [0.3, 0.4) is 0 Å². The number of pyridine rings is 1. The highest BCUT2D eigenvalue weighted by atomic mass is 19.4. The van der Waals surface area contributed by atoms with Gasteiger partial charge < -0.3 is 9.47 Å². The van der Waals surface area contributed by atoms with E-state index in [2.05, 4.69) is 0 Å². The van der Waals surface area contributed by atoms with Crippen LogP contribution in [0.2, 0.25) is 0 Å². The van der Waals surface area contributed by atoms with Crippen LogP contribution in [0.5, 0.6) is 0 Å². The van der Waals surface area contributed by atoms with Crippen molar-refractivity contribution in [2.45, 2.75) is 26.1 Å². The lowest BCUT2D eigenvalue weighted by Gasteiger charge is -2.23. The highest BCUT2D eigenvalue weighted by Gasteiger charge is 2.31. The first-order valence-corrected chi connectivity index (χ1v) is 7.49. The number of aryl methyl sites for hydroxylation is 1. The second-order valence-corrected chi connectivity index (χ2v) is 5.75.